The van der Waals surface area contributed by atoms with Gasteiger partial charge in [0.05, 0.1) is 12.1 Å². The zero-order valence-corrected chi connectivity index (χ0v) is 16.9. The summed E-state index contributed by atoms with van der Waals surface area (Å²) in [5.74, 6) is 0.924. The third-order valence-corrected chi connectivity index (χ3v) is 6.00. The first-order valence-electron chi connectivity index (χ1n) is 9.33. The average Bonchev–Trinajstić information content (AvgIpc) is 3.15. The van der Waals surface area contributed by atoms with Crippen molar-refractivity contribution in [1.29, 1.82) is 0 Å². The zero-order chi connectivity index (χ0) is 20.1. The summed E-state index contributed by atoms with van der Waals surface area (Å²) < 4.78 is 2.26. The van der Waals surface area contributed by atoms with Crippen LogP contribution in [0.25, 0.3) is 5.52 Å². The number of carbonyl (C=O) groups is 2. The molecule has 5 rings (SSSR count). The molecule has 0 aromatic carbocycles. The normalized spacial score (nSPS) is 22.5. The van der Waals surface area contributed by atoms with Crippen LogP contribution in [0.1, 0.15) is 18.5 Å². The van der Waals surface area contributed by atoms with E-state index in [1.165, 1.54) is 6.33 Å². The van der Waals surface area contributed by atoms with Crippen molar-refractivity contribution in [2.24, 2.45) is 5.92 Å². The molecule has 3 aromatic heterocycles. The van der Waals surface area contributed by atoms with Gasteiger partial charge in [0.15, 0.2) is 5.82 Å². The molecule has 10 heteroatoms. The van der Waals surface area contributed by atoms with E-state index in [0.29, 0.717) is 34.1 Å². The molecule has 1 aliphatic carbocycles. The second kappa shape index (κ2) is 6.80. The van der Waals surface area contributed by atoms with Gasteiger partial charge in [-0.2, -0.15) is 5.10 Å². The van der Waals surface area contributed by atoms with Crippen LogP contribution in [0.3, 0.4) is 0 Å². The Morgan fingerprint density at radius 3 is 2.93 bits per heavy atom. The highest BCUT2D eigenvalue weighted by Crippen LogP contribution is 2.48. The molecular formula is C19H18BrN7O2. The lowest BCUT2D eigenvalue weighted by molar-refractivity contribution is -0.137. The minimum atomic E-state index is -0.488. The summed E-state index contributed by atoms with van der Waals surface area (Å²) >= 11 is 3.30. The molecule has 1 saturated carbocycles. The van der Waals surface area contributed by atoms with Crippen LogP contribution >= 0.6 is 15.9 Å². The highest BCUT2D eigenvalue weighted by Gasteiger charge is 2.55. The minimum absolute atomic E-state index is 0.0884. The number of hydrogen-bond donors (Lipinski definition) is 2. The first kappa shape index (κ1) is 18.0. The Labute approximate surface area is 174 Å². The molecule has 0 spiro atoms. The lowest BCUT2D eigenvalue weighted by Crippen LogP contribution is -2.46. The number of halogens is 1. The molecule has 3 atom stereocenters. The van der Waals surface area contributed by atoms with Crippen molar-refractivity contribution < 1.29 is 9.59 Å². The number of anilines is 2. The topological polar surface area (TPSA) is 119 Å². The van der Waals surface area contributed by atoms with E-state index < -0.39 is 6.04 Å². The summed E-state index contributed by atoms with van der Waals surface area (Å²) in [5, 5.41) is 7.02. The summed E-state index contributed by atoms with van der Waals surface area (Å²) in [5.41, 5.74) is 7.25. The fraction of sp³-hybridized carbons (Fsp3) is 0.316. The maximum absolute atomic E-state index is 13.1. The summed E-state index contributed by atoms with van der Waals surface area (Å²) in [4.78, 5) is 35.9. The Kier molecular flexibility index (Phi) is 4.23. The fourth-order valence-corrected chi connectivity index (χ4v) is 4.47. The summed E-state index contributed by atoms with van der Waals surface area (Å²) in [6.07, 6.45) is 3.14. The third-order valence-electron chi connectivity index (χ3n) is 5.55. The molecule has 0 bridgehead atoms. The van der Waals surface area contributed by atoms with Crippen LogP contribution < -0.4 is 11.1 Å². The first-order chi connectivity index (χ1) is 14.0. The fourth-order valence-electron chi connectivity index (χ4n) is 4.12. The molecule has 0 radical (unpaired) electrons. The number of nitrogens with two attached hydrogens (primary N) is 1. The number of carbonyl (C=O) groups excluding carboxylic acids is 2. The second-order valence-corrected chi connectivity index (χ2v) is 8.21. The van der Waals surface area contributed by atoms with Crippen molar-refractivity contribution in [1.82, 2.24) is 24.5 Å². The number of rotatable bonds is 4. The Bertz CT molecular complexity index is 1130. The predicted molar refractivity (Wildman–Crippen MR) is 109 cm³/mol. The van der Waals surface area contributed by atoms with Gasteiger partial charge in [-0.3, -0.25) is 9.59 Å². The molecule has 2 aliphatic rings. The van der Waals surface area contributed by atoms with Crippen molar-refractivity contribution in [2.75, 3.05) is 11.1 Å². The van der Waals surface area contributed by atoms with E-state index in [1.807, 2.05) is 6.07 Å². The standard InChI is InChI=1S/C19H18BrN7O2/c20-15-2-1-3-16(24-15)25-19(29)14-7-10-6-13(10)26(14)17(28)8-11-4-5-12-18(21)22-9-23-27(11)12/h1-5,9-10,13-14H,6-8H2,(H2,21,22,23)(H,24,25,29)/t10-,13-,14+/m1/s1. The molecule has 1 aliphatic heterocycles. The minimum Gasteiger partial charge on any atom is -0.382 e. The lowest BCUT2D eigenvalue weighted by Gasteiger charge is -2.26. The van der Waals surface area contributed by atoms with Crippen molar-refractivity contribution in [3.8, 4) is 0 Å². The molecule has 2 amide bonds. The third kappa shape index (κ3) is 3.23. The van der Waals surface area contributed by atoms with Gasteiger partial charge in [-0.05, 0) is 59.0 Å². The Morgan fingerprint density at radius 1 is 1.24 bits per heavy atom. The van der Waals surface area contributed by atoms with Gasteiger partial charge in [0.2, 0.25) is 11.8 Å². The molecule has 148 valence electrons. The maximum Gasteiger partial charge on any atom is 0.248 e. The molecule has 3 N–H and O–H groups in total. The number of piperidine rings is 1. The van der Waals surface area contributed by atoms with Crippen molar-refractivity contribution >= 4 is 44.9 Å². The number of nitrogen functional groups attached to an aromatic ring is 1. The smallest absolute Gasteiger partial charge is 0.248 e. The van der Waals surface area contributed by atoms with Gasteiger partial charge in [-0.25, -0.2) is 14.5 Å². The molecule has 9 nitrogen and oxygen atoms in total. The van der Waals surface area contributed by atoms with Crippen LogP contribution in [-0.2, 0) is 16.0 Å². The summed E-state index contributed by atoms with van der Waals surface area (Å²) in [6, 6.07) is 8.57. The maximum atomic E-state index is 13.1. The molecule has 1 saturated heterocycles. The zero-order valence-electron chi connectivity index (χ0n) is 15.3. The molecule has 2 fully saturated rings. The van der Waals surface area contributed by atoms with Crippen molar-refractivity contribution in [3.05, 3.63) is 47.0 Å². The number of likely N-dealkylation sites (tertiary alicyclic amines) is 1. The van der Waals surface area contributed by atoms with E-state index in [1.54, 1.807) is 33.7 Å². The van der Waals surface area contributed by atoms with Gasteiger partial charge in [-0.15, -0.1) is 0 Å². The quantitative estimate of drug-likeness (QED) is 0.577. The monoisotopic (exact) mass is 455 g/mol. The van der Waals surface area contributed by atoms with Gasteiger partial charge in [0.1, 0.15) is 28.3 Å². The van der Waals surface area contributed by atoms with Gasteiger partial charge in [0, 0.05) is 6.04 Å². The van der Waals surface area contributed by atoms with Crippen molar-refractivity contribution in [2.45, 2.75) is 31.3 Å². The van der Waals surface area contributed by atoms with Gasteiger partial charge >= 0.3 is 0 Å². The highest BCUT2D eigenvalue weighted by molar-refractivity contribution is 9.10. The van der Waals surface area contributed by atoms with Gasteiger partial charge < -0.3 is 16.0 Å². The Balaban J connectivity index is 1.35. The molecular weight excluding hydrogens is 438 g/mol. The Morgan fingerprint density at radius 2 is 2.10 bits per heavy atom. The van der Waals surface area contributed by atoms with Crippen LogP contribution in [0.4, 0.5) is 11.6 Å². The van der Waals surface area contributed by atoms with E-state index in [9.17, 15) is 9.59 Å². The van der Waals surface area contributed by atoms with Crippen LogP contribution in [-0.4, -0.2) is 48.4 Å². The number of nitrogens with one attached hydrogen (secondary N) is 1. The van der Waals surface area contributed by atoms with E-state index in [0.717, 1.165) is 12.1 Å². The van der Waals surface area contributed by atoms with E-state index in [-0.39, 0.29) is 24.3 Å². The molecule has 4 heterocycles. The van der Waals surface area contributed by atoms with Gasteiger partial charge in [0.25, 0.3) is 0 Å². The van der Waals surface area contributed by atoms with Gasteiger partial charge in [-0.1, -0.05) is 6.07 Å². The first-order valence-corrected chi connectivity index (χ1v) is 10.1. The van der Waals surface area contributed by atoms with Crippen LogP contribution in [0.2, 0.25) is 0 Å². The number of amides is 2. The number of nitrogens with zero attached hydrogens (tertiary/aromatic N) is 5. The summed E-state index contributed by atoms with van der Waals surface area (Å²) in [6.45, 7) is 0. The number of hydrogen-bond acceptors (Lipinski definition) is 6. The largest absolute Gasteiger partial charge is 0.382 e. The van der Waals surface area contributed by atoms with Crippen LogP contribution in [0.15, 0.2) is 41.3 Å². The average molecular weight is 456 g/mol. The number of fused-ring (bicyclic) bond motifs is 2. The van der Waals surface area contributed by atoms with Crippen LogP contribution in [0.5, 0.6) is 0 Å². The molecule has 0 unspecified atom stereocenters. The van der Waals surface area contributed by atoms with E-state index >= 15 is 0 Å². The highest BCUT2D eigenvalue weighted by atomic mass is 79.9. The molecule has 29 heavy (non-hydrogen) atoms. The van der Waals surface area contributed by atoms with E-state index in [2.05, 4.69) is 36.3 Å². The summed E-state index contributed by atoms with van der Waals surface area (Å²) in [7, 11) is 0. The predicted octanol–water partition coefficient (Wildman–Crippen LogP) is 1.64. The SMILES string of the molecule is Nc1ncnn2c(CC(=O)N3[C@@H]4C[C@@H]4C[C@H]3C(=O)Nc3cccc(Br)n3)ccc12. The molecule has 3 aromatic rings. The van der Waals surface area contributed by atoms with E-state index in [4.69, 9.17) is 5.73 Å². The van der Waals surface area contributed by atoms with Crippen molar-refractivity contribution in [3.63, 3.8) is 0 Å². The number of aromatic nitrogens is 4. The second-order valence-electron chi connectivity index (χ2n) is 7.39. The number of pyridine rings is 1. The Hall–Kier alpha value is -3.01. The lowest BCUT2D eigenvalue weighted by atomic mass is 10.1. The van der Waals surface area contributed by atoms with Crippen LogP contribution in [0, 0.1) is 5.92 Å².